The van der Waals surface area contributed by atoms with Crippen molar-refractivity contribution in [2.24, 2.45) is 5.92 Å². The van der Waals surface area contributed by atoms with Crippen molar-refractivity contribution < 1.29 is 19.4 Å². The highest BCUT2D eigenvalue weighted by atomic mass is 16.5. The first kappa shape index (κ1) is 16.5. The predicted molar refractivity (Wildman–Crippen MR) is 87.9 cm³/mol. The van der Waals surface area contributed by atoms with E-state index in [2.05, 4.69) is 5.32 Å². The molecule has 0 aliphatic rings. The fraction of sp³-hybridized carbons (Fsp3) is 0.222. The Morgan fingerprint density at radius 1 is 1.17 bits per heavy atom. The number of carboxylic acids is 1. The van der Waals surface area contributed by atoms with Gasteiger partial charge in [0.1, 0.15) is 5.75 Å². The summed E-state index contributed by atoms with van der Waals surface area (Å²) in [5.41, 5.74) is 1.66. The Kier molecular flexibility index (Phi) is 5.36. The summed E-state index contributed by atoms with van der Waals surface area (Å²) in [6.07, 6.45) is 0.592. The van der Waals surface area contributed by atoms with Crippen molar-refractivity contribution in [2.45, 2.75) is 13.3 Å². The highest BCUT2D eigenvalue weighted by Crippen LogP contribution is 2.17. The molecule has 1 atom stereocenters. The summed E-state index contributed by atoms with van der Waals surface area (Å²) in [6.45, 7) is 1.83. The van der Waals surface area contributed by atoms with Gasteiger partial charge in [-0.05, 0) is 42.3 Å². The predicted octanol–water partition coefficient (Wildman–Crippen LogP) is 3.21. The summed E-state index contributed by atoms with van der Waals surface area (Å²) in [5, 5.41) is 11.7. The van der Waals surface area contributed by atoms with Gasteiger partial charge in [0.15, 0.2) is 0 Å². The lowest BCUT2D eigenvalue weighted by Crippen LogP contribution is -2.22. The standard InChI is InChI=1S/C18H19NO4/c1-12(10-13-6-8-16(23-2)9-7-13)17(20)19-15-5-3-4-14(11-15)18(21)22/h3-9,11-12H,10H2,1-2H3,(H,19,20)(H,21,22). The van der Waals surface area contributed by atoms with Gasteiger partial charge in [-0.25, -0.2) is 4.79 Å². The van der Waals surface area contributed by atoms with E-state index < -0.39 is 5.97 Å². The van der Waals surface area contributed by atoms with Crippen molar-refractivity contribution in [1.82, 2.24) is 0 Å². The van der Waals surface area contributed by atoms with Gasteiger partial charge in [0.2, 0.25) is 5.91 Å². The lowest BCUT2D eigenvalue weighted by molar-refractivity contribution is -0.119. The number of benzene rings is 2. The van der Waals surface area contributed by atoms with E-state index in [1.807, 2.05) is 31.2 Å². The SMILES string of the molecule is COc1ccc(CC(C)C(=O)Nc2cccc(C(=O)O)c2)cc1. The number of rotatable bonds is 6. The van der Waals surface area contributed by atoms with Crippen molar-refractivity contribution in [3.8, 4) is 5.75 Å². The van der Waals surface area contributed by atoms with Crippen molar-refractivity contribution >= 4 is 17.6 Å². The fourth-order valence-electron chi connectivity index (χ4n) is 2.20. The Morgan fingerprint density at radius 2 is 1.87 bits per heavy atom. The number of carboxylic acid groups (broad SMARTS) is 1. The highest BCUT2D eigenvalue weighted by Gasteiger charge is 2.14. The summed E-state index contributed by atoms with van der Waals surface area (Å²) in [6, 6.07) is 13.8. The van der Waals surface area contributed by atoms with Crippen LogP contribution >= 0.6 is 0 Å². The van der Waals surface area contributed by atoms with Gasteiger partial charge in [-0.3, -0.25) is 4.79 Å². The molecule has 2 N–H and O–H groups in total. The molecule has 0 aromatic heterocycles. The fourth-order valence-corrected chi connectivity index (χ4v) is 2.20. The van der Waals surface area contributed by atoms with Gasteiger partial charge in [0, 0.05) is 11.6 Å². The van der Waals surface area contributed by atoms with Crippen LogP contribution in [-0.4, -0.2) is 24.1 Å². The van der Waals surface area contributed by atoms with Gasteiger partial charge in [0.25, 0.3) is 0 Å². The minimum atomic E-state index is -1.02. The second kappa shape index (κ2) is 7.45. The summed E-state index contributed by atoms with van der Waals surface area (Å²) in [4.78, 5) is 23.2. The van der Waals surface area contributed by atoms with Crippen LogP contribution < -0.4 is 10.1 Å². The van der Waals surface area contributed by atoms with Gasteiger partial charge in [-0.2, -0.15) is 0 Å². The molecule has 0 spiro atoms. The lowest BCUT2D eigenvalue weighted by atomic mass is 10.00. The van der Waals surface area contributed by atoms with Crippen LogP contribution in [0.2, 0.25) is 0 Å². The quantitative estimate of drug-likeness (QED) is 0.858. The van der Waals surface area contributed by atoms with Crippen molar-refractivity contribution in [1.29, 1.82) is 0 Å². The van der Waals surface area contributed by atoms with E-state index in [9.17, 15) is 9.59 Å². The summed E-state index contributed by atoms with van der Waals surface area (Å²) in [7, 11) is 1.61. The highest BCUT2D eigenvalue weighted by molar-refractivity contribution is 5.94. The first-order valence-corrected chi connectivity index (χ1v) is 7.26. The van der Waals surface area contributed by atoms with Crippen LogP contribution in [0.5, 0.6) is 5.75 Å². The number of aromatic carboxylic acids is 1. The molecule has 0 fully saturated rings. The molecular formula is C18H19NO4. The molecule has 1 unspecified atom stereocenters. The summed E-state index contributed by atoms with van der Waals surface area (Å²) < 4.78 is 5.10. The number of hydrogen-bond acceptors (Lipinski definition) is 3. The number of methoxy groups -OCH3 is 1. The number of carbonyl (C=O) groups excluding carboxylic acids is 1. The number of hydrogen-bond donors (Lipinski definition) is 2. The molecule has 0 heterocycles. The lowest BCUT2D eigenvalue weighted by Gasteiger charge is -2.13. The largest absolute Gasteiger partial charge is 0.497 e. The van der Waals surface area contributed by atoms with Gasteiger partial charge in [0.05, 0.1) is 12.7 Å². The van der Waals surface area contributed by atoms with Crippen LogP contribution in [0.3, 0.4) is 0 Å². The Morgan fingerprint density at radius 3 is 2.48 bits per heavy atom. The number of ether oxygens (including phenoxy) is 1. The van der Waals surface area contributed by atoms with Crippen LogP contribution in [0.1, 0.15) is 22.8 Å². The zero-order valence-electron chi connectivity index (χ0n) is 13.1. The van der Waals surface area contributed by atoms with E-state index in [1.165, 1.54) is 12.1 Å². The minimum absolute atomic E-state index is 0.144. The van der Waals surface area contributed by atoms with Gasteiger partial charge in [-0.15, -0.1) is 0 Å². The third-order valence-electron chi connectivity index (χ3n) is 3.53. The molecule has 0 saturated heterocycles. The van der Waals surface area contributed by atoms with Crippen molar-refractivity contribution in [3.63, 3.8) is 0 Å². The average molecular weight is 313 g/mol. The summed E-state index contributed by atoms with van der Waals surface area (Å²) >= 11 is 0. The zero-order valence-corrected chi connectivity index (χ0v) is 13.1. The van der Waals surface area contributed by atoms with Crippen molar-refractivity contribution in [2.75, 3.05) is 12.4 Å². The molecule has 120 valence electrons. The number of anilines is 1. The maximum Gasteiger partial charge on any atom is 0.335 e. The topological polar surface area (TPSA) is 75.6 Å². The molecule has 0 saturated carbocycles. The maximum absolute atomic E-state index is 12.2. The van der Waals surface area contributed by atoms with Crippen LogP contribution in [0, 0.1) is 5.92 Å². The number of amides is 1. The van der Waals surface area contributed by atoms with Gasteiger partial charge < -0.3 is 15.2 Å². The monoisotopic (exact) mass is 313 g/mol. The van der Waals surface area contributed by atoms with E-state index in [-0.39, 0.29) is 17.4 Å². The Bertz CT molecular complexity index is 694. The molecule has 0 aliphatic heterocycles. The van der Waals surface area contributed by atoms with Crippen molar-refractivity contribution in [3.05, 3.63) is 59.7 Å². The maximum atomic E-state index is 12.2. The second-order valence-electron chi connectivity index (χ2n) is 5.33. The van der Waals surface area contributed by atoms with E-state index >= 15 is 0 Å². The van der Waals surface area contributed by atoms with E-state index in [1.54, 1.807) is 19.2 Å². The first-order valence-electron chi connectivity index (χ1n) is 7.26. The van der Waals surface area contributed by atoms with E-state index in [4.69, 9.17) is 9.84 Å². The first-order chi connectivity index (χ1) is 11.0. The van der Waals surface area contributed by atoms with Crippen LogP contribution in [-0.2, 0) is 11.2 Å². The molecule has 0 bridgehead atoms. The van der Waals surface area contributed by atoms with E-state index in [0.717, 1.165) is 11.3 Å². The molecule has 5 nitrogen and oxygen atoms in total. The molecule has 1 amide bonds. The summed E-state index contributed by atoms with van der Waals surface area (Å²) in [5.74, 6) is -0.635. The van der Waals surface area contributed by atoms with Crippen LogP contribution in [0.4, 0.5) is 5.69 Å². The molecular weight excluding hydrogens is 294 g/mol. The second-order valence-corrected chi connectivity index (χ2v) is 5.33. The Hall–Kier alpha value is -2.82. The molecule has 2 rings (SSSR count). The average Bonchev–Trinajstić information content (AvgIpc) is 2.55. The number of carbonyl (C=O) groups is 2. The normalized spacial score (nSPS) is 11.6. The molecule has 5 heteroatoms. The smallest absolute Gasteiger partial charge is 0.335 e. The number of nitrogens with one attached hydrogen (secondary N) is 1. The van der Waals surface area contributed by atoms with Crippen LogP contribution in [0.25, 0.3) is 0 Å². The van der Waals surface area contributed by atoms with Gasteiger partial charge >= 0.3 is 5.97 Å². The minimum Gasteiger partial charge on any atom is -0.497 e. The zero-order chi connectivity index (χ0) is 16.8. The molecule has 0 radical (unpaired) electrons. The third kappa shape index (κ3) is 4.57. The molecule has 2 aromatic carbocycles. The van der Waals surface area contributed by atoms with Crippen LogP contribution in [0.15, 0.2) is 48.5 Å². The van der Waals surface area contributed by atoms with Gasteiger partial charge in [-0.1, -0.05) is 25.1 Å². The molecule has 23 heavy (non-hydrogen) atoms. The Labute approximate surface area is 134 Å². The third-order valence-corrected chi connectivity index (χ3v) is 3.53. The van der Waals surface area contributed by atoms with E-state index in [0.29, 0.717) is 12.1 Å². The molecule has 2 aromatic rings. The molecule has 0 aliphatic carbocycles. The Balaban J connectivity index is 1.99.